The molecule has 1 saturated heterocycles. The zero-order chi connectivity index (χ0) is 61.6. The van der Waals surface area contributed by atoms with Gasteiger partial charge in [-0.3, -0.25) is 24.4 Å². The van der Waals surface area contributed by atoms with E-state index in [1.54, 1.807) is 0 Å². The number of ether oxygens (including phenoxy) is 1. The molecule has 12 heteroatoms. The summed E-state index contributed by atoms with van der Waals surface area (Å²) in [4.78, 5) is 22.4. The van der Waals surface area contributed by atoms with E-state index >= 15 is 0 Å². The molecule has 0 aromatic carbocycles. The molecule has 1 rings (SSSR count). The van der Waals surface area contributed by atoms with Crippen molar-refractivity contribution >= 4 is 27.6 Å². The lowest BCUT2D eigenvalue weighted by Gasteiger charge is -2.34. The second kappa shape index (κ2) is 64.3. The van der Waals surface area contributed by atoms with Crippen LogP contribution < -0.4 is 0 Å². The summed E-state index contributed by atoms with van der Waals surface area (Å²) in [6, 6.07) is 0. The van der Waals surface area contributed by atoms with Gasteiger partial charge in [-0.15, -0.1) is 0 Å². The number of aliphatic hydroxyl groups is 4. The molecule has 2 unspecified atom stereocenters. The van der Waals surface area contributed by atoms with Gasteiger partial charge < -0.3 is 25.2 Å². The van der Waals surface area contributed by atoms with Crippen molar-refractivity contribution in [3.63, 3.8) is 0 Å². The number of rotatable bonds is 65. The molecule has 0 spiro atoms. The zero-order valence-electron chi connectivity index (χ0n) is 56.2. The average molecular weight is 1230 g/mol. The Morgan fingerprint density at radius 2 is 0.729 bits per heavy atom. The van der Waals surface area contributed by atoms with E-state index in [1.807, 2.05) is 21.6 Å². The summed E-state index contributed by atoms with van der Waals surface area (Å²) in [6.07, 6.45) is 63.1. The fourth-order valence-electron chi connectivity index (χ4n) is 11.4. The van der Waals surface area contributed by atoms with Gasteiger partial charge in [0, 0.05) is 83.4 Å². The van der Waals surface area contributed by atoms with Crippen LogP contribution in [0, 0.1) is 0 Å². The SMILES string of the molecule is CCCCC/C=C\C/C=C\CCCCCC[C@@H](O)CN(CCCCC(=O)OCCN1CCN(CCSSCCCCN(CC(O)CCCCCCCC)CC(O)CCCCCCCC)CC1)C[C@H](O)CCCCCC/C=C\C/C=C\CCCCC. The number of aliphatic hydroxyl groups excluding tert-OH is 4. The Bertz CT molecular complexity index is 1440. The first kappa shape index (κ1) is 81.8. The molecule has 4 N–H and O–H groups in total. The van der Waals surface area contributed by atoms with Crippen molar-refractivity contribution in [1.82, 2.24) is 19.6 Å². The van der Waals surface area contributed by atoms with E-state index in [0.29, 0.717) is 39.2 Å². The topological polar surface area (TPSA) is 120 Å². The van der Waals surface area contributed by atoms with Crippen molar-refractivity contribution in [2.45, 2.75) is 315 Å². The van der Waals surface area contributed by atoms with Crippen molar-refractivity contribution in [2.24, 2.45) is 0 Å². The van der Waals surface area contributed by atoms with Gasteiger partial charge in [0.1, 0.15) is 6.61 Å². The molecule has 0 aromatic rings. The fraction of sp³-hybridized carbons (Fsp3) is 0.877. The van der Waals surface area contributed by atoms with Gasteiger partial charge in [0.05, 0.1) is 24.4 Å². The lowest BCUT2D eigenvalue weighted by Crippen LogP contribution is -2.47. The third-order valence-electron chi connectivity index (χ3n) is 16.9. The number of allylic oxidation sites excluding steroid dienone is 8. The molecule has 1 aliphatic heterocycles. The lowest BCUT2D eigenvalue weighted by atomic mass is 10.1. The minimum atomic E-state index is -0.410. The zero-order valence-corrected chi connectivity index (χ0v) is 57.9. The highest BCUT2D eigenvalue weighted by molar-refractivity contribution is 8.76. The molecule has 0 radical (unpaired) electrons. The first-order valence-corrected chi connectivity index (χ1v) is 38.8. The van der Waals surface area contributed by atoms with Gasteiger partial charge in [0.25, 0.3) is 0 Å². The number of esters is 1. The maximum Gasteiger partial charge on any atom is 0.305 e. The van der Waals surface area contributed by atoms with Crippen LogP contribution in [0.5, 0.6) is 0 Å². The Labute approximate surface area is 534 Å². The van der Waals surface area contributed by atoms with Crippen LogP contribution in [0.3, 0.4) is 0 Å². The molecule has 85 heavy (non-hydrogen) atoms. The van der Waals surface area contributed by atoms with Crippen molar-refractivity contribution in [2.75, 3.05) is 96.6 Å². The predicted octanol–water partition coefficient (Wildman–Crippen LogP) is 17.9. The maximum atomic E-state index is 12.8. The molecule has 0 bridgehead atoms. The number of unbranched alkanes of at least 4 members (excludes halogenated alkanes) is 26. The smallest absolute Gasteiger partial charge is 0.305 e. The Hall–Kier alpha value is -1.19. The minimum Gasteiger partial charge on any atom is -0.464 e. The van der Waals surface area contributed by atoms with Crippen LogP contribution in [-0.2, 0) is 9.53 Å². The van der Waals surface area contributed by atoms with E-state index in [4.69, 9.17) is 4.74 Å². The van der Waals surface area contributed by atoms with Crippen molar-refractivity contribution in [1.29, 1.82) is 0 Å². The molecule has 500 valence electrons. The summed E-state index contributed by atoms with van der Waals surface area (Å²) in [6.45, 7) is 19.7. The van der Waals surface area contributed by atoms with Crippen LogP contribution >= 0.6 is 21.6 Å². The number of nitrogens with zero attached hydrogens (tertiary/aromatic N) is 4. The van der Waals surface area contributed by atoms with Gasteiger partial charge in [0.2, 0.25) is 0 Å². The summed E-state index contributed by atoms with van der Waals surface area (Å²) in [7, 11) is 3.98. The quantitative estimate of drug-likeness (QED) is 0.0201. The summed E-state index contributed by atoms with van der Waals surface area (Å²) >= 11 is 0. The monoisotopic (exact) mass is 1230 g/mol. The molecule has 1 fully saturated rings. The van der Waals surface area contributed by atoms with Gasteiger partial charge in [0.15, 0.2) is 0 Å². The second-order valence-corrected chi connectivity index (χ2v) is 28.0. The Kier molecular flexibility index (Phi) is 61.9. The third kappa shape index (κ3) is 57.7. The maximum absolute atomic E-state index is 12.8. The van der Waals surface area contributed by atoms with E-state index in [0.717, 1.165) is 179 Å². The Balaban J connectivity index is 2.38. The van der Waals surface area contributed by atoms with Gasteiger partial charge in [-0.25, -0.2) is 0 Å². The van der Waals surface area contributed by atoms with Crippen LogP contribution in [0.4, 0.5) is 0 Å². The molecule has 1 aliphatic rings. The molecular weight excluding hydrogens is 1090 g/mol. The average Bonchev–Trinajstić information content (AvgIpc) is 3.55. The summed E-state index contributed by atoms with van der Waals surface area (Å²) in [5, 5.41) is 44.2. The number of hydrogen-bond donors (Lipinski definition) is 4. The Morgan fingerprint density at radius 3 is 1.14 bits per heavy atom. The van der Waals surface area contributed by atoms with Crippen LogP contribution in [0.15, 0.2) is 48.6 Å². The minimum absolute atomic E-state index is 0.123. The third-order valence-corrected chi connectivity index (χ3v) is 19.4. The number of carbonyl (C=O) groups is 1. The summed E-state index contributed by atoms with van der Waals surface area (Å²) in [5.41, 5.74) is 0. The molecular formula is C73H140N4O6S2. The van der Waals surface area contributed by atoms with Crippen LogP contribution in [0.2, 0.25) is 0 Å². The number of piperazine rings is 1. The van der Waals surface area contributed by atoms with E-state index in [1.165, 1.54) is 141 Å². The molecule has 10 nitrogen and oxygen atoms in total. The standard InChI is InChI=1S/C73H140N4O6S2/c1-5-9-13-17-21-23-25-27-29-31-33-35-39-43-51-69(78)65-76(66-70(79)52-44-40-36-34-32-30-28-26-24-22-18-14-10-6-2)54-46-45-53-73(82)83-62-60-74-56-58-75(59-57-74)61-64-85-84-63-48-47-55-77(67-71(80)49-41-37-19-15-11-7-3)68-72(81)50-42-38-20-16-12-8-4/h21-24,27-30,69-72,78-81H,5-20,25-26,31-68H2,1-4H3/b23-21-,24-22-,29-27-,30-28-/t69-,70-,71?,72?/m1/s1. The van der Waals surface area contributed by atoms with Gasteiger partial charge in [-0.1, -0.05) is 239 Å². The molecule has 0 amide bonds. The molecule has 0 aliphatic carbocycles. The predicted molar refractivity (Wildman–Crippen MR) is 374 cm³/mol. The molecule has 0 saturated carbocycles. The van der Waals surface area contributed by atoms with Crippen molar-refractivity contribution < 1.29 is 30.0 Å². The summed E-state index contributed by atoms with van der Waals surface area (Å²) in [5.74, 6) is 2.13. The van der Waals surface area contributed by atoms with E-state index < -0.39 is 12.2 Å². The van der Waals surface area contributed by atoms with Crippen LogP contribution in [0.25, 0.3) is 0 Å². The largest absolute Gasteiger partial charge is 0.464 e. The molecule has 0 aromatic heterocycles. The van der Waals surface area contributed by atoms with Gasteiger partial charge >= 0.3 is 5.97 Å². The highest BCUT2D eigenvalue weighted by atomic mass is 33.1. The van der Waals surface area contributed by atoms with Gasteiger partial charge in [-0.2, -0.15) is 0 Å². The number of hydrogen-bond acceptors (Lipinski definition) is 12. The first-order valence-electron chi connectivity index (χ1n) is 36.3. The van der Waals surface area contributed by atoms with E-state index in [-0.39, 0.29) is 18.2 Å². The Morgan fingerprint density at radius 1 is 0.400 bits per heavy atom. The van der Waals surface area contributed by atoms with Crippen molar-refractivity contribution in [3.8, 4) is 0 Å². The normalized spacial score (nSPS) is 15.3. The fourth-order valence-corrected chi connectivity index (χ4v) is 13.6. The number of carbonyl (C=O) groups excluding carboxylic acids is 1. The van der Waals surface area contributed by atoms with Gasteiger partial charge in [-0.05, 0) is 129 Å². The first-order chi connectivity index (χ1) is 41.7. The highest BCUT2D eigenvalue weighted by Gasteiger charge is 2.20. The molecule has 1 heterocycles. The molecule has 4 atom stereocenters. The van der Waals surface area contributed by atoms with E-state index in [9.17, 15) is 25.2 Å². The highest BCUT2D eigenvalue weighted by Crippen LogP contribution is 2.23. The second-order valence-electron chi connectivity index (χ2n) is 25.3. The van der Waals surface area contributed by atoms with Crippen molar-refractivity contribution in [3.05, 3.63) is 48.6 Å². The van der Waals surface area contributed by atoms with Crippen LogP contribution in [0.1, 0.15) is 291 Å². The lowest BCUT2D eigenvalue weighted by molar-refractivity contribution is -0.144. The van der Waals surface area contributed by atoms with Crippen LogP contribution in [-0.4, -0.2) is 167 Å². The van der Waals surface area contributed by atoms with E-state index in [2.05, 4.69) is 95.9 Å². The summed E-state index contributed by atoms with van der Waals surface area (Å²) < 4.78 is 5.73.